The number of rotatable bonds is 11. The first-order valence-electron chi connectivity index (χ1n) is 13.0. The molecule has 0 aliphatic carbocycles. The Labute approximate surface area is 258 Å². The summed E-state index contributed by atoms with van der Waals surface area (Å²) in [6, 6.07) is 20.0. The van der Waals surface area contributed by atoms with Gasteiger partial charge in [0, 0.05) is 21.5 Å². The fourth-order valence-corrected chi connectivity index (χ4v) is 5.69. The molecule has 0 fully saturated rings. The first-order chi connectivity index (χ1) is 20.4. The van der Waals surface area contributed by atoms with Gasteiger partial charge >= 0.3 is 5.97 Å². The molecule has 5 rings (SSSR count). The van der Waals surface area contributed by atoms with Gasteiger partial charge in [-0.15, -0.1) is 5.10 Å². The van der Waals surface area contributed by atoms with Gasteiger partial charge in [-0.1, -0.05) is 84.0 Å². The lowest BCUT2D eigenvalue weighted by Crippen LogP contribution is -2.29. The van der Waals surface area contributed by atoms with Crippen LogP contribution in [0.1, 0.15) is 29.7 Å². The van der Waals surface area contributed by atoms with E-state index in [4.69, 9.17) is 47.5 Å². The van der Waals surface area contributed by atoms with E-state index in [1.54, 1.807) is 11.8 Å². The van der Waals surface area contributed by atoms with Gasteiger partial charge < -0.3 is 19.5 Å². The van der Waals surface area contributed by atoms with Crippen LogP contribution in [0.5, 0.6) is 11.5 Å². The van der Waals surface area contributed by atoms with Gasteiger partial charge in [0.15, 0.2) is 11.5 Å². The zero-order valence-corrected chi connectivity index (χ0v) is 25.3. The third kappa shape index (κ3) is 6.59. The van der Waals surface area contributed by atoms with Crippen LogP contribution >= 0.6 is 35.0 Å². The lowest BCUT2D eigenvalue weighted by atomic mass is 9.95. The molecule has 2 heterocycles. The quantitative estimate of drug-likeness (QED) is 0.105. The van der Waals surface area contributed by atoms with E-state index in [9.17, 15) is 4.79 Å². The minimum Gasteiger partial charge on any atom is -0.493 e. The van der Waals surface area contributed by atoms with Crippen LogP contribution in [0.2, 0.25) is 10.0 Å². The van der Waals surface area contributed by atoms with Crippen LogP contribution < -0.4 is 14.8 Å². The van der Waals surface area contributed by atoms with Gasteiger partial charge in [-0.05, 0) is 53.9 Å². The number of esters is 1. The fourth-order valence-electron chi connectivity index (χ4n) is 4.45. The van der Waals surface area contributed by atoms with E-state index < -0.39 is 12.0 Å². The summed E-state index contributed by atoms with van der Waals surface area (Å²) in [7, 11) is 1.57. The number of benzene rings is 3. The molecule has 0 spiro atoms. The zero-order valence-electron chi connectivity index (χ0n) is 23.0. The molecule has 3 aromatic carbocycles. The first-order valence-corrected chi connectivity index (χ1v) is 14.8. The van der Waals surface area contributed by atoms with Crippen molar-refractivity contribution >= 4 is 46.9 Å². The highest BCUT2D eigenvalue weighted by Gasteiger charge is 2.35. The zero-order chi connectivity index (χ0) is 29.6. The minimum absolute atomic E-state index is 0.0757. The van der Waals surface area contributed by atoms with Gasteiger partial charge in [0.1, 0.15) is 19.3 Å². The molecule has 4 aromatic rings. The molecule has 8 nitrogen and oxygen atoms in total. The molecule has 0 saturated heterocycles. The molecule has 0 radical (unpaired) electrons. The first kappa shape index (κ1) is 29.6. The van der Waals surface area contributed by atoms with Crippen molar-refractivity contribution in [3.8, 4) is 11.5 Å². The summed E-state index contributed by atoms with van der Waals surface area (Å²) in [6.45, 7) is 5.87. The van der Waals surface area contributed by atoms with Crippen LogP contribution in [-0.4, -0.2) is 34.5 Å². The molecule has 1 N–H and O–H groups in total. The number of nitrogens with one attached hydrogen (secondary N) is 1. The summed E-state index contributed by atoms with van der Waals surface area (Å²) in [5.41, 5.74) is 3.69. The molecule has 1 aliphatic heterocycles. The Morgan fingerprint density at radius 3 is 2.64 bits per heavy atom. The van der Waals surface area contributed by atoms with Gasteiger partial charge in [-0.25, -0.2) is 9.48 Å². The van der Waals surface area contributed by atoms with Crippen molar-refractivity contribution in [2.45, 2.75) is 30.5 Å². The van der Waals surface area contributed by atoms with Crippen molar-refractivity contribution < 1.29 is 19.0 Å². The predicted octanol–water partition coefficient (Wildman–Crippen LogP) is 7.48. The summed E-state index contributed by atoms with van der Waals surface area (Å²) in [4.78, 5) is 18.0. The SMILES string of the molecule is C=CCOC(=O)C1=C(C)Nc2nc(SCc3ccccc3Cl)nn2C1c1ccc(OCc2ccc(Cl)cc2)c(OC)c1. The summed E-state index contributed by atoms with van der Waals surface area (Å²) in [6.07, 6.45) is 1.53. The van der Waals surface area contributed by atoms with Gasteiger partial charge in [-0.3, -0.25) is 0 Å². The smallest absolute Gasteiger partial charge is 0.338 e. The van der Waals surface area contributed by atoms with Gasteiger partial charge in [-0.2, -0.15) is 4.98 Å². The van der Waals surface area contributed by atoms with Gasteiger partial charge in [0.05, 0.1) is 12.7 Å². The van der Waals surface area contributed by atoms with E-state index >= 15 is 0 Å². The average Bonchev–Trinajstić information content (AvgIpc) is 3.40. The topological polar surface area (TPSA) is 87.5 Å². The van der Waals surface area contributed by atoms with E-state index in [2.05, 4.69) is 11.9 Å². The standard InChI is InChI=1S/C31H28Cl2N4O4S/c1-4-15-40-29(38)27-19(2)34-30-35-31(42-18-22-7-5-6-8-24(22)33)36-37(30)28(27)21-11-14-25(26(16-21)39-3)41-17-20-9-12-23(32)13-10-20/h4-14,16,28H,1,15,17-18H2,2-3H3,(H,34,35,36). The Morgan fingerprint density at radius 2 is 1.90 bits per heavy atom. The second-order valence-corrected chi connectivity index (χ2v) is 11.1. The third-order valence-electron chi connectivity index (χ3n) is 6.51. The van der Waals surface area contributed by atoms with E-state index in [1.807, 2.05) is 73.7 Å². The lowest BCUT2D eigenvalue weighted by Gasteiger charge is -2.28. The molecule has 11 heteroatoms. The number of thioether (sulfide) groups is 1. The highest BCUT2D eigenvalue weighted by Crippen LogP contribution is 2.40. The Morgan fingerprint density at radius 1 is 1.12 bits per heavy atom. The molecule has 1 unspecified atom stereocenters. The molecule has 1 aromatic heterocycles. The third-order valence-corrected chi connectivity index (χ3v) is 8.02. The Bertz CT molecular complexity index is 1640. The Kier molecular flexibility index (Phi) is 9.41. The highest BCUT2D eigenvalue weighted by atomic mass is 35.5. The fraction of sp³-hybridized carbons (Fsp3) is 0.194. The summed E-state index contributed by atoms with van der Waals surface area (Å²) in [5, 5.41) is 9.87. The van der Waals surface area contributed by atoms with Crippen LogP contribution in [0.4, 0.5) is 5.95 Å². The van der Waals surface area contributed by atoms with Crippen LogP contribution in [0, 0.1) is 0 Å². The molecule has 0 bridgehead atoms. The number of allylic oxidation sites excluding steroid dienone is 1. The van der Waals surface area contributed by atoms with E-state index in [1.165, 1.54) is 17.8 Å². The van der Waals surface area contributed by atoms with E-state index in [0.717, 1.165) is 16.7 Å². The number of carbonyl (C=O) groups is 1. The van der Waals surface area contributed by atoms with Crippen molar-refractivity contribution in [2.24, 2.45) is 0 Å². The van der Waals surface area contributed by atoms with E-state index in [-0.39, 0.29) is 6.61 Å². The number of aromatic nitrogens is 3. The molecular formula is C31H28Cl2N4O4S. The number of carbonyl (C=O) groups excluding carboxylic acids is 1. The number of fused-ring (bicyclic) bond motifs is 1. The van der Waals surface area contributed by atoms with Crippen LogP contribution in [0.15, 0.2) is 95.8 Å². The Hall–Kier alpha value is -3.92. The maximum Gasteiger partial charge on any atom is 0.338 e. The lowest BCUT2D eigenvalue weighted by molar-refractivity contribution is -0.138. The minimum atomic E-state index is -0.639. The molecule has 216 valence electrons. The maximum atomic E-state index is 13.3. The van der Waals surface area contributed by atoms with Crippen molar-refractivity contribution in [3.05, 3.63) is 117 Å². The number of anilines is 1. The monoisotopic (exact) mass is 622 g/mol. The van der Waals surface area contributed by atoms with Crippen molar-refractivity contribution in [1.82, 2.24) is 14.8 Å². The largest absolute Gasteiger partial charge is 0.493 e. The summed E-state index contributed by atoms with van der Waals surface area (Å²) in [5.74, 6) is 1.66. The number of nitrogens with zero attached hydrogens (tertiary/aromatic N) is 3. The van der Waals surface area contributed by atoms with Crippen molar-refractivity contribution in [1.29, 1.82) is 0 Å². The molecule has 0 amide bonds. The maximum absolute atomic E-state index is 13.3. The predicted molar refractivity (Wildman–Crippen MR) is 165 cm³/mol. The number of hydrogen-bond acceptors (Lipinski definition) is 8. The number of halogens is 2. The van der Waals surface area contributed by atoms with Crippen molar-refractivity contribution in [2.75, 3.05) is 19.0 Å². The van der Waals surface area contributed by atoms with Gasteiger partial charge in [0.25, 0.3) is 0 Å². The molecular weight excluding hydrogens is 595 g/mol. The number of hydrogen-bond donors (Lipinski definition) is 1. The second-order valence-electron chi connectivity index (χ2n) is 9.32. The summed E-state index contributed by atoms with van der Waals surface area (Å²) >= 11 is 13.8. The number of methoxy groups -OCH3 is 1. The van der Waals surface area contributed by atoms with Crippen molar-refractivity contribution in [3.63, 3.8) is 0 Å². The van der Waals surface area contributed by atoms with E-state index in [0.29, 0.717) is 56.3 Å². The average molecular weight is 624 g/mol. The molecule has 42 heavy (non-hydrogen) atoms. The van der Waals surface area contributed by atoms with Gasteiger partial charge in [0.2, 0.25) is 11.1 Å². The molecule has 0 saturated carbocycles. The van der Waals surface area contributed by atoms with Crippen LogP contribution in [-0.2, 0) is 21.9 Å². The normalized spacial score (nSPS) is 14.1. The highest BCUT2D eigenvalue weighted by molar-refractivity contribution is 7.98. The molecule has 1 atom stereocenters. The Balaban J connectivity index is 1.47. The van der Waals surface area contributed by atoms with Crippen LogP contribution in [0.3, 0.4) is 0 Å². The number of ether oxygens (including phenoxy) is 3. The van der Waals surface area contributed by atoms with Crippen LogP contribution in [0.25, 0.3) is 0 Å². The molecule has 1 aliphatic rings. The summed E-state index contributed by atoms with van der Waals surface area (Å²) < 4.78 is 18.9. The second kappa shape index (κ2) is 13.4.